The van der Waals surface area contributed by atoms with Gasteiger partial charge in [-0.25, -0.2) is 4.79 Å². The fourth-order valence-electron chi connectivity index (χ4n) is 1.61. The number of aryl methyl sites for hydroxylation is 1. The van der Waals surface area contributed by atoms with Crippen molar-refractivity contribution < 1.29 is 4.79 Å². The van der Waals surface area contributed by atoms with Gasteiger partial charge in [0.1, 0.15) is 0 Å². The van der Waals surface area contributed by atoms with Crippen LogP contribution < -0.4 is 0 Å². The van der Waals surface area contributed by atoms with Crippen LogP contribution in [0.3, 0.4) is 0 Å². The summed E-state index contributed by atoms with van der Waals surface area (Å²) >= 11 is 5.60. The first kappa shape index (κ1) is 13.0. The Labute approximate surface area is 101 Å². The second-order valence-electron chi connectivity index (χ2n) is 3.73. The molecule has 86 valence electrons. The van der Waals surface area contributed by atoms with E-state index < -0.39 is 0 Å². The fraction of sp³-hybridized carbons (Fsp3) is 0.462. The third-order valence-electron chi connectivity index (χ3n) is 2.43. The van der Waals surface area contributed by atoms with Gasteiger partial charge in [-0.05, 0) is 37.0 Å². The van der Waals surface area contributed by atoms with Gasteiger partial charge in [0.2, 0.25) is 6.08 Å². The highest BCUT2D eigenvalue weighted by atomic mass is 35.5. The maximum Gasteiger partial charge on any atom is 0.240 e. The molecule has 0 atom stereocenters. The highest BCUT2D eigenvalue weighted by molar-refractivity contribution is 6.17. The summed E-state index contributed by atoms with van der Waals surface area (Å²) in [5.74, 6) is 0.754. The third kappa shape index (κ3) is 5.11. The average molecular weight is 238 g/mol. The smallest absolute Gasteiger partial charge is 0.211 e. The summed E-state index contributed by atoms with van der Waals surface area (Å²) in [6.07, 6.45) is 7.23. The van der Waals surface area contributed by atoms with E-state index in [-0.39, 0.29) is 0 Å². The second-order valence-corrected chi connectivity index (χ2v) is 4.10. The van der Waals surface area contributed by atoms with Gasteiger partial charge in [0.15, 0.2) is 0 Å². The van der Waals surface area contributed by atoms with Gasteiger partial charge >= 0.3 is 0 Å². The van der Waals surface area contributed by atoms with E-state index in [1.54, 1.807) is 6.08 Å². The molecule has 0 fully saturated rings. The van der Waals surface area contributed by atoms with Crippen molar-refractivity contribution in [2.24, 2.45) is 4.99 Å². The first-order chi connectivity index (χ1) is 7.86. The van der Waals surface area contributed by atoms with Crippen LogP contribution in [0.5, 0.6) is 0 Å². The number of isocyanates is 1. The molecule has 1 aromatic carbocycles. The Bertz CT molecular complexity index is 359. The molecule has 16 heavy (non-hydrogen) atoms. The molecule has 0 spiro atoms. The van der Waals surface area contributed by atoms with Crippen LogP contribution in [-0.4, -0.2) is 12.0 Å². The molecule has 0 aliphatic rings. The van der Waals surface area contributed by atoms with Gasteiger partial charge in [-0.15, -0.1) is 11.6 Å². The standard InChI is InChI=1S/C13H16ClNO/c14-9-4-2-1-3-6-12-7-5-8-13(10-12)15-11-16/h5,7-8,10H,1-4,6,9H2. The van der Waals surface area contributed by atoms with E-state index in [0.29, 0.717) is 5.69 Å². The zero-order valence-corrected chi connectivity index (χ0v) is 10.0. The molecule has 0 unspecified atom stereocenters. The summed E-state index contributed by atoms with van der Waals surface area (Å²) in [7, 11) is 0. The predicted octanol–water partition coefficient (Wildman–Crippen LogP) is 4.00. The normalized spacial score (nSPS) is 9.81. The molecule has 0 aromatic heterocycles. The quantitative estimate of drug-likeness (QED) is 0.305. The maximum absolute atomic E-state index is 10.1. The van der Waals surface area contributed by atoms with Crippen molar-refractivity contribution in [3.05, 3.63) is 29.8 Å². The monoisotopic (exact) mass is 237 g/mol. The van der Waals surface area contributed by atoms with Crippen molar-refractivity contribution in [3.63, 3.8) is 0 Å². The molecule has 0 radical (unpaired) electrons. The highest BCUT2D eigenvalue weighted by Crippen LogP contribution is 2.15. The zero-order chi connectivity index (χ0) is 11.6. The van der Waals surface area contributed by atoms with E-state index in [9.17, 15) is 4.79 Å². The number of rotatable bonds is 7. The number of hydrogen-bond acceptors (Lipinski definition) is 2. The highest BCUT2D eigenvalue weighted by Gasteiger charge is 1.95. The van der Waals surface area contributed by atoms with Crippen molar-refractivity contribution in [1.29, 1.82) is 0 Å². The number of aliphatic imine (C=N–C) groups is 1. The molecular weight excluding hydrogens is 222 g/mol. The number of halogens is 1. The lowest BCUT2D eigenvalue weighted by Gasteiger charge is -2.01. The van der Waals surface area contributed by atoms with Crippen molar-refractivity contribution in [3.8, 4) is 0 Å². The van der Waals surface area contributed by atoms with Crippen molar-refractivity contribution in [1.82, 2.24) is 0 Å². The Morgan fingerprint density at radius 3 is 2.75 bits per heavy atom. The van der Waals surface area contributed by atoms with E-state index in [0.717, 1.165) is 25.1 Å². The molecule has 1 aromatic rings. The molecule has 0 amide bonds. The molecule has 0 N–H and O–H groups in total. The number of carbonyl (C=O) groups excluding carboxylic acids is 1. The minimum absolute atomic E-state index is 0.688. The third-order valence-corrected chi connectivity index (χ3v) is 2.70. The summed E-state index contributed by atoms with van der Waals surface area (Å²) in [4.78, 5) is 13.7. The Morgan fingerprint density at radius 2 is 2.00 bits per heavy atom. The van der Waals surface area contributed by atoms with Crippen molar-refractivity contribution >= 4 is 23.4 Å². The van der Waals surface area contributed by atoms with E-state index in [4.69, 9.17) is 11.6 Å². The number of hydrogen-bond donors (Lipinski definition) is 0. The van der Waals surface area contributed by atoms with E-state index in [1.807, 2.05) is 18.2 Å². The number of benzene rings is 1. The summed E-state index contributed by atoms with van der Waals surface area (Å²) in [6, 6.07) is 7.73. The van der Waals surface area contributed by atoms with Crippen LogP contribution in [0.2, 0.25) is 0 Å². The Hall–Kier alpha value is -1.11. The Balaban J connectivity index is 2.36. The SMILES string of the molecule is O=C=Nc1cccc(CCCCCCCl)c1. The molecule has 0 saturated heterocycles. The van der Waals surface area contributed by atoms with E-state index in [1.165, 1.54) is 18.4 Å². The zero-order valence-electron chi connectivity index (χ0n) is 9.29. The second kappa shape index (κ2) is 8.09. The largest absolute Gasteiger partial charge is 0.240 e. The van der Waals surface area contributed by atoms with Crippen LogP contribution in [0.4, 0.5) is 5.69 Å². The van der Waals surface area contributed by atoms with Gasteiger partial charge in [-0.1, -0.05) is 25.0 Å². The molecule has 0 saturated carbocycles. The average Bonchev–Trinajstić information content (AvgIpc) is 2.30. The number of alkyl halides is 1. The van der Waals surface area contributed by atoms with Gasteiger partial charge in [0.05, 0.1) is 5.69 Å². The minimum atomic E-state index is 0.688. The van der Waals surface area contributed by atoms with Crippen LogP contribution in [0.1, 0.15) is 31.2 Å². The first-order valence-corrected chi connectivity index (χ1v) is 6.13. The maximum atomic E-state index is 10.1. The molecule has 0 aliphatic carbocycles. The van der Waals surface area contributed by atoms with Crippen LogP contribution in [0.25, 0.3) is 0 Å². The topological polar surface area (TPSA) is 29.4 Å². The summed E-state index contributed by atoms with van der Waals surface area (Å²) < 4.78 is 0. The molecular formula is C13H16ClNO. The number of unbranched alkanes of at least 4 members (excludes halogenated alkanes) is 3. The fourth-order valence-corrected chi connectivity index (χ4v) is 1.80. The summed E-state index contributed by atoms with van der Waals surface area (Å²) in [5, 5.41) is 0. The van der Waals surface area contributed by atoms with Gasteiger partial charge in [-0.3, -0.25) is 0 Å². The van der Waals surface area contributed by atoms with Gasteiger partial charge in [0, 0.05) is 5.88 Å². The van der Waals surface area contributed by atoms with Crippen molar-refractivity contribution in [2.75, 3.05) is 5.88 Å². The minimum Gasteiger partial charge on any atom is -0.211 e. The first-order valence-electron chi connectivity index (χ1n) is 5.59. The predicted molar refractivity (Wildman–Crippen MR) is 67.1 cm³/mol. The van der Waals surface area contributed by atoms with Crippen LogP contribution in [-0.2, 0) is 11.2 Å². The van der Waals surface area contributed by atoms with E-state index in [2.05, 4.69) is 11.1 Å². The lowest BCUT2D eigenvalue weighted by molar-refractivity contribution is 0.565. The Morgan fingerprint density at radius 1 is 1.19 bits per heavy atom. The molecule has 0 heterocycles. The van der Waals surface area contributed by atoms with Crippen LogP contribution >= 0.6 is 11.6 Å². The summed E-state index contributed by atoms with van der Waals surface area (Å²) in [6.45, 7) is 0. The van der Waals surface area contributed by atoms with Gasteiger partial charge in [0.25, 0.3) is 0 Å². The lowest BCUT2D eigenvalue weighted by Crippen LogP contribution is -1.86. The summed E-state index contributed by atoms with van der Waals surface area (Å²) in [5.41, 5.74) is 1.91. The molecule has 1 rings (SSSR count). The molecule has 2 nitrogen and oxygen atoms in total. The van der Waals surface area contributed by atoms with Crippen LogP contribution in [0.15, 0.2) is 29.3 Å². The van der Waals surface area contributed by atoms with Gasteiger partial charge in [-0.2, -0.15) is 4.99 Å². The van der Waals surface area contributed by atoms with E-state index >= 15 is 0 Å². The molecule has 0 bridgehead atoms. The van der Waals surface area contributed by atoms with Crippen LogP contribution in [0, 0.1) is 0 Å². The Kier molecular flexibility index (Phi) is 6.55. The molecule has 0 aliphatic heterocycles. The lowest BCUT2D eigenvalue weighted by atomic mass is 10.1. The molecule has 3 heteroatoms. The number of nitrogens with zero attached hydrogens (tertiary/aromatic N) is 1. The van der Waals surface area contributed by atoms with Crippen molar-refractivity contribution in [2.45, 2.75) is 32.1 Å². The van der Waals surface area contributed by atoms with Gasteiger partial charge < -0.3 is 0 Å².